The number of phenols is 2. The van der Waals surface area contributed by atoms with Gasteiger partial charge < -0.3 is 24.9 Å². The van der Waals surface area contributed by atoms with Crippen LogP contribution in [0.2, 0.25) is 0 Å². The lowest BCUT2D eigenvalue weighted by Gasteiger charge is -2.40. The van der Waals surface area contributed by atoms with E-state index in [0.717, 1.165) is 75.5 Å². The fourth-order valence-corrected chi connectivity index (χ4v) is 9.91. The summed E-state index contributed by atoms with van der Waals surface area (Å²) < 4.78 is 0. The number of nitrogens with zero attached hydrogens (tertiary/aromatic N) is 4. The summed E-state index contributed by atoms with van der Waals surface area (Å²) in [6, 6.07) is 28.1. The molecule has 55 heavy (non-hydrogen) atoms. The maximum absolute atomic E-state index is 13.2. The molecule has 3 saturated heterocycles. The van der Waals surface area contributed by atoms with Gasteiger partial charge in [-0.15, -0.1) is 0 Å². The first-order chi connectivity index (χ1) is 26.8. The number of aromatic hydroxyl groups is 2. The number of anilines is 2. The Labute approximate surface area is 322 Å². The van der Waals surface area contributed by atoms with Crippen LogP contribution < -0.4 is 15.1 Å². The lowest BCUT2D eigenvalue weighted by atomic mass is 9.69. The number of phenolic OH excluding ortho intramolecular Hbond substituents is 2. The number of imide groups is 1. The first-order valence-electron chi connectivity index (χ1n) is 20.0. The van der Waals surface area contributed by atoms with E-state index in [1.807, 2.05) is 30.3 Å². The van der Waals surface area contributed by atoms with Crippen molar-refractivity contribution in [3.63, 3.8) is 0 Å². The number of nitrogens with one attached hydrogen (secondary N) is 1. The first-order valence-corrected chi connectivity index (χ1v) is 20.0. The summed E-state index contributed by atoms with van der Waals surface area (Å²) in [5, 5.41) is 22.9. The molecule has 0 spiro atoms. The van der Waals surface area contributed by atoms with Gasteiger partial charge in [-0.2, -0.15) is 0 Å². The fourth-order valence-electron chi connectivity index (χ4n) is 9.91. The fraction of sp³-hybridized carbons (Fsp3) is 0.400. The van der Waals surface area contributed by atoms with Crippen molar-refractivity contribution in [3.8, 4) is 11.5 Å². The molecule has 4 aromatic rings. The SMILES string of the molecule is O=C1CC[C@H](N2Cc3cc(N4CCN(CC5CCN(c6ccc([C@H]7c8ccc(O)cc8CC[C@H]7c7cccc(O)c7)cc6)CC5)CC4)ccc3C2=O)C(=O)N1. The molecule has 4 aliphatic heterocycles. The Bertz CT molecular complexity index is 2100. The molecule has 10 nitrogen and oxygen atoms in total. The quantitative estimate of drug-likeness (QED) is 0.205. The van der Waals surface area contributed by atoms with Crippen LogP contribution in [0.5, 0.6) is 11.5 Å². The van der Waals surface area contributed by atoms with Crippen LogP contribution in [0.1, 0.15) is 82.1 Å². The lowest BCUT2D eigenvalue weighted by molar-refractivity contribution is -0.136. The van der Waals surface area contributed by atoms with Crippen LogP contribution >= 0.6 is 0 Å². The van der Waals surface area contributed by atoms with E-state index in [0.29, 0.717) is 35.9 Å². The predicted molar refractivity (Wildman–Crippen MR) is 212 cm³/mol. The Hall–Kier alpha value is -5.35. The standard InChI is InChI=1S/C45H49N5O5/c51-36-3-1-2-31(25-36)38-11-6-32-26-37(52)10-13-39(32)43(38)30-4-7-34(8-5-30)48-18-16-29(17-19-48)27-47-20-22-49(23-21-47)35-9-12-40-33(24-35)28-50(45(40)55)41-14-15-42(53)46-44(41)54/h1-5,7-10,12-13,24-26,29,38,41,43,51-52H,6,11,14-23,27-28H2,(H,46,53,54)/t38-,41-,43+/m0/s1. The minimum atomic E-state index is -0.592. The van der Waals surface area contributed by atoms with Crippen molar-refractivity contribution in [1.29, 1.82) is 0 Å². The topological polar surface area (TPSA) is 117 Å². The number of rotatable bonds is 7. The minimum absolute atomic E-state index is 0.128. The smallest absolute Gasteiger partial charge is 0.255 e. The molecule has 5 aliphatic rings. The zero-order valence-electron chi connectivity index (χ0n) is 31.2. The Kier molecular flexibility index (Phi) is 9.46. The predicted octanol–water partition coefficient (Wildman–Crippen LogP) is 5.76. The molecule has 3 N–H and O–H groups in total. The average Bonchev–Trinajstić information content (AvgIpc) is 3.52. The van der Waals surface area contributed by atoms with Gasteiger partial charge in [0.1, 0.15) is 17.5 Å². The molecule has 4 heterocycles. The Morgan fingerprint density at radius 2 is 1.40 bits per heavy atom. The van der Waals surface area contributed by atoms with Crippen molar-refractivity contribution in [1.82, 2.24) is 15.1 Å². The molecule has 0 unspecified atom stereocenters. The second-order valence-electron chi connectivity index (χ2n) is 16.2. The third-order valence-electron chi connectivity index (χ3n) is 12.9. The number of piperazine rings is 1. The van der Waals surface area contributed by atoms with Crippen molar-refractivity contribution in [2.75, 3.05) is 55.6 Å². The number of benzene rings is 4. The van der Waals surface area contributed by atoms with E-state index in [4.69, 9.17) is 0 Å². The van der Waals surface area contributed by atoms with E-state index >= 15 is 0 Å². The summed E-state index contributed by atoms with van der Waals surface area (Å²) in [6.07, 6.45) is 4.83. The molecular formula is C45H49N5O5. The van der Waals surface area contributed by atoms with Gasteiger partial charge in [0.2, 0.25) is 11.8 Å². The van der Waals surface area contributed by atoms with Crippen LogP contribution in [0.4, 0.5) is 11.4 Å². The van der Waals surface area contributed by atoms with Crippen molar-refractivity contribution in [2.45, 2.75) is 62.9 Å². The van der Waals surface area contributed by atoms with E-state index in [2.05, 4.69) is 62.5 Å². The van der Waals surface area contributed by atoms with Crippen LogP contribution in [-0.2, 0) is 22.6 Å². The van der Waals surface area contributed by atoms with Gasteiger partial charge in [-0.05, 0) is 126 Å². The molecule has 0 bridgehead atoms. The van der Waals surface area contributed by atoms with Gasteiger partial charge in [0.05, 0.1) is 0 Å². The maximum atomic E-state index is 13.2. The minimum Gasteiger partial charge on any atom is -0.508 e. The Balaban J connectivity index is 0.785. The Morgan fingerprint density at radius 1 is 0.655 bits per heavy atom. The van der Waals surface area contributed by atoms with E-state index in [9.17, 15) is 24.6 Å². The number of piperidine rings is 2. The van der Waals surface area contributed by atoms with Crippen molar-refractivity contribution >= 4 is 29.1 Å². The van der Waals surface area contributed by atoms with E-state index in [1.54, 1.807) is 17.0 Å². The van der Waals surface area contributed by atoms with Crippen LogP contribution in [0.25, 0.3) is 0 Å². The van der Waals surface area contributed by atoms with Gasteiger partial charge in [-0.1, -0.05) is 30.3 Å². The van der Waals surface area contributed by atoms with Gasteiger partial charge in [-0.3, -0.25) is 24.6 Å². The molecule has 3 amide bonds. The second kappa shape index (κ2) is 14.7. The van der Waals surface area contributed by atoms with Crippen molar-refractivity contribution in [2.24, 2.45) is 5.92 Å². The van der Waals surface area contributed by atoms with Gasteiger partial charge in [-0.25, -0.2) is 0 Å². The third-order valence-corrected chi connectivity index (χ3v) is 12.9. The van der Waals surface area contributed by atoms with Gasteiger partial charge in [0.25, 0.3) is 5.91 Å². The number of fused-ring (bicyclic) bond motifs is 2. The number of amides is 3. The van der Waals surface area contributed by atoms with Crippen molar-refractivity contribution in [3.05, 3.63) is 118 Å². The van der Waals surface area contributed by atoms with E-state index < -0.39 is 6.04 Å². The summed E-state index contributed by atoms with van der Waals surface area (Å²) in [5.41, 5.74) is 8.88. The highest BCUT2D eigenvalue weighted by Gasteiger charge is 2.39. The lowest BCUT2D eigenvalue weighted by Crippen LogP contribution is -2.52. The molecule has 3 fully saturated rings. The maximum Gasteiger partial charge on any atom is 0.255 e. The molecule has 284 valence electrons. The molecule has 0 radical (unpaired) electrons. The van der Waals surface area contributed by atoms with Gasteiger partial charge in [0, 0.05) is 81.6 Å². The van der Waals surface area contributed by atoms with Gasteiger partial charge in [0.15, 0.2) is 0 Å². The van der Waals surface area contributed by atoms with Crippen LogP contribution in [0.3, 0.4) is 0 Å². The van der Waals surface area contributed by atoms with Crippen molar-refractivity contribution < 1.29 is 24.6 Å². The molecule has 1 aliphatic carbocycles. The molecule has 4 aromatic carbocycles. The third kappa shape index (κ3) is 7.04. The molecule has 10 heteroatoms. The number of hydrogen-bond donors (Lipinski definition) is 3. The van der Waals surface area contributed by atoms with Gasteiger partial charge >= 0.3 is 0 Å². The van der Waals surface area contributed by atoms with E-state index in [-0.39, 0.29) is 36.0 Å². The summed E-state index contributed by atoms with van der Waals surface area (Å²) in [5.74, 6) is 0.892. The molecule has 9 rings (SSSR count). The molecule has 0 aromatic heterocycles. The summed E-state index contributed by atoms with van der Waals surface area (Å²) >= 11 is 0. The molecule has 0 saturated carbocycles. The highest BCUT2D eigenvalue weighted by atomic mass is 16.3. The molecule has 3 atom stereocenters. The highest BCUT2D eigenvalue weighted by molar-refractivity contribution is 6.05. The van der Waals surface area contributed by atoms with Crippen LogP contribution in [0, 0.1) is 5.92 Å². The van der Waals surface area contributed by atoms with Crippen LogP contribution in [0.15, 0.2) is 84.9 Å². The Morgan fingerprint density at radius 3 is 2.16 bits per heavy atom. The zero-order valence-corrected chi connectivity index (χ0v) is 31.2. The normalized spacial score (nSPS) is 23.5. The van der Waals surface area contributed by atoms with Crippen LogP contribution in [-0.4, -0.2) is 89.6 Å². The summed E-state index contributed by atoms with van der Waals surface area (Å²) in [7, 11) is 0. The highest BCUT2D eigenvalue weighted by Crippen LogP contribution is 2.47. The summed E-state index contributed by atoms with van der Waals surface area (Å²) in [6.45, 7) is 7.51. The largest absolute Gasteiger partial charge is 0.508 e. The average molecular weight is 740 g/mol. The number of carbonyl (C=O) groups excluding carboxylic acids is 3. The molecular weight excluding hydrogens is 691 g/mol. The number of aryl methyl sites for hydroxylation is 1. The van der Waals surface area contributed by atoms with E-state index in [1.165, 1.54) is 35.2 Å². The zero-order chi connectivity index (χ0) is 37.6. The first kappa shape index (κ1) is 35.4. The monoisotopic (exact) mass is 739 g/mol. The summed E-state index contributed by atoms with van der Waals surface area (Å²) in [4.78, 5) is 46.4. The second-order valence-corrected chi connectivity index (χ2v) is 16.2. The number of carbonyl (C=O) groups is 3. The number of hydrogen-bond acceptors (Lipinski definition) is 8.